The molecule has 0 spiro atoms. The summed E-state index contributed by atoms with van der Waals surface area (Å²) in [5.74, 6) is 0.948. The molecule has 3 rings (SSSR count). The normalized spacial score (nSPS) is 23.1. The van der Waals surface area contributed by atoms with Gasteiger partial charge in [-0.2, -0.15) is 16.4 Å². The first-order valence-electron chi connectivity index (χ1n) is 6.87. The fraction of sp³-hybridized carbons (Fsp3) is 0.467. The summed E-state index contributed by atoms with van der Waals surface area (Å²) in [5.41, 5.74) is 3.43. The van der Waals surface area contributed by atoms with E-state index in [9.17, 15) is 0 Å². The van der Waals surface area contributed by atoms with E-state index in [0.717, 1.165) is 24.6 Å². The molecule has 4 nitrogen and oxygen atoms in total. The highest BCUT2D eigenvalue weighted by molar-refractivity contribution is 7.07. The molecule has 1 aliphatic rings. The first-order chi connectivity index (χ1) is 9.63. The number of ether oxygens (including phenoxy) is 1. The van der Waals surface area contributed by atoms with Gasteiger partial charge in [0.15, 0.2) is 5.82 Å². The fourth-order valence-electron chi connectivity index (χ4n) is 2.47. The van der Waals surface area contributed by atoms with Gasteiger partial charge < -0.3 is 9.64 Å². The van der Waals surface area contributed by atoms with Crippen molar-refractivity contribution in [3.8, 4) is 0 Å². The predicted molar refractivity (Wildman–Crippen MR) is 81.3 cm³/mol. The van der Waals surface area contributed by atoms with Crippen LogP contribution >= 0.6 is 11.3 Å². The fourth-order valence-corrected chi connectivity index (χ4v) is 3.17. The van der Waals surface area contributed by atoms with E-state index in [4.69, 9.17) is 4.74 Å². The molecule has 106 valence electrons. The minimum Gasteiger partial charge on any atom is -0.367 e. The summed E-state index contributed by atoms with van der Waals surface area (Å²) >= 11 is 1.71. The quantitative estimate of drug-likeness (QED) is 0.851. The second-order valence-corrected chi connectivity index (χ2v) is 6.15. The van der Waals surface area contributed by atoms with Gasteiger partial charge in [0.1, 0.15) is 6.10 Å². The highest BCUT2D eigenvalue weighted by Gasteiger charge is 2.27. The largest absolute Gasteiger partial charge is 0.367 e. The van der Waals surface area contributed by atoms with Crippen LogP contribution in [0.15, 0.2) is 22.9 Å². The molecule has 0 aromatic carbocycles. The van der Waals surface area contributed by atoms with Crippen molar-refractivity contribution in [1.82, 2.24) is 10.2 Å². The SMILES string of the molecule is Cc1cc(N2CC(C)OC(c3ccsc3)C2)nnc1C. The molecule has 0 bridgehead atoms. The smallest absolute Gasteiger partial charge is 0.151 e. The van der Waals surface area contributed by atoms with Crippen LogP contribution in [0.1, 0.15) is 29.8 Å². The molecule has 2 aromatic rings. The number of anilines is 1. The standard InChI is InChI=1S/C15H19N3OS/c1-10-6-15(17-16-12(10)3)18-7-11(2)19-14(8-18)13-4-5-20-9-13/h4-6,9,11,14H,7-8H2,1-3H3. The predicted octanol–water partition coefficient (Wildman–Crippen LogP) is 3.12. The third-order valence-electron chi connectivity index (χ3n) is 3.72. The Morgan fingerprint density at radius 3 is 2.85 bits per heavy atom. The summed E-state index contributed by atoms with van der Waals surface area (Å²) < 4.78 is 6.05. The zero-order valence-corrected chi connectivity index (χ0v) is 12.9. The van der Waals surface area contributed by atoms with E-state index in [-0.39, 0.29) is 12.2 Å². The zero-order valence-electron chi connectivity index (χ0n) is 12.0. The summed E-state index contributed by atoms with van der Waals surface area (Å²) in [7, 11) is 0. The van der Waals surface area contributed by atoms with Gasteiger partial charge in [-0.05, 0) is 54.8 Å². The summed E-state index contributed by atoms with van der Waals surface area (Å²) in [4.78, 5) is 2.27. The van der Waals surface area contributed by atoms with Gasteiger partial charge in [0.2, 0.25) is 0 Å². The van der Waals surface area contributed by atoms with Gasteiger partial charge in [0, 0.05) is 13.1 Å². The molecule has 5 heteroatoms. The third-order valence-corrected chi connectivity index (χ3v) is 4.42. The zero-order chi connectivity index (χ0) is 14.1. The van der Waals surface area contributed by atoms with Crippen molar-refractivity contribution >= 4 is 17.2 Å². The Hall–Kier alpha value is -1.46. The molecule has 0 radical (unpaired) electrons. The van der Waals surface area contributed by atoms with Crippen LogP contribution in [0.3, 0.4) is 0 Å². The van der Waals surface area contributed by atoms with E-state index in [1.165, 1.54) is 11.1 Å². The molecule has 0 amide bonds. The van der Waals surface area contributed by atoms with Gasteiger partial charge in [-0.25, -0.2) is 0 Å². The van der Waals surface area contributed by atoms with Crippen molar-refractivity contribution in [3.63, 3.8) is 0 Å². The van der Waals surface area contributed by atoms with Crippen molar-refractivity contribution in [1.29, 1.82) is 0 Å². The maximum absolute atomic E-state index is 6.05. The highest BCUT2D eigenvalue weighted by atomic mass is 32.1. The Labute approximate surface area is 123 Å². The molecule has 2 aromatic heterocycles. The maximum Gasteiger partial charge on any atom is 0.151 e. The summed E-state index contributed by atoms with van der Waals surface area (Å²) in [5, 5.41) is 12.8. The van der Waals surface area contributed by atoms with E-state index in [2.05, 4.69) is 51.8 Å². The minimum atomic E-state index is 0.119. The van der Waals surface area contributed by atoms with E-state index in [1.807, 2.05) is 6.92 Å². The van der Waals surface area contributed by atoms with Gasteiger partial charge in [0.05, 0.1) is 11.8 Å². The van der Waals surface area contributed by atoms with Crippen LogP contribution in [0.2, 0.25) is 0 Å². The number of morpholine rings is 1. The molecule has 1 saturated heterocycles. The monoisotopic (exact) mass is 289 g/mol. The Morgan fingerprint density at radius 1 is 1.30 bits per heavy atom. The number of rotatable bonds is 2. The first-order valence-corrected chi connectivity index (χ1v) is 7.81. The molecule has 20 heavy (non-hydrogen) atoms. The van der Waals surface area contributed by atoms with E-state index in [0.29, 0.717) is 0 Å². The van der Waals surface area contributed by atoms with Crippen molar-refractivity contribution in [2.24, 2.45) is 0 Å². The second-order valence-electron chi connectivity index (χ2n) is 5.37. The number of nitrogens with zero attached hydrogens (tertiary/aromatic N) is 3. The van der Waals surface area contributed by atoms with E-state index < -0.39 is 0 Å². The van der Waals surface area contributed by atoms with Crippen LogP contribution in [-0.2, 0) is 4.74 Å². The maximum atomic E-state index is 6.05. The van der Waals surface area contributed by atoms with Crippen LogP contribution in [-0.4, -0.2) is 29.4 Å². The average Bonchev–Trinajstić information content (AvgIpc) is 2.95. The second kappa shape index (κ2) is 5.50. The Morgan fingerprint density at radius 2 is 2.15 bits per heavy atom. The molecular weight excluding hydrogens is 270 g/mol. The number of thiophene rings is 1. The topological polar surface area (TPSA) is 38.2 Å². The first kappa shape index (κ1) is 13.5. The van der Waals surface area contributed by atoms with Crippen LogP contribution in [0.25, 0.3) is 0 Å². The third kappa shape index (κ3) is 2.69. The van der Waals surface area contributed by atoms with Gasteiger partial charge in [-0.1, -0.05) is 0 Å². The lowest BCUT2D eigenvalue weighted by Crippen LogP contribution is -2.43. The van der Waals surface area contributed by atoms with Crippen LogP contribution in [0.5, 0.6) is 0 Å². The minimum absolute atomic E-state index is 0.119. The highest BCUT2D eigenvalue weighted by Crippen LogP contribution is 2.29. The van der Waals surface area contributed by atoms with Crippen LogP contribution in [0, 0.1) is 13.8 Å². The van der Waals surface area contributed by atoms with Crippen molar-refractivity contribution in [3.05, 3.63) is 39.7 Å². The summed E-state index contributed by atoms with van der Waals surface area (Å²) in [6.07, 6.45) is 0.311. The van der Waals surface area contributed by atoms with Gasteiger partial charge in [-0.3, -0.25) is 0 Å². The van der Waals surface area contributed by atoms with Gasteiger partial charge >= 0.3 is 0 Å². The lowest BCUT2D eigenvalue weighted by molar-refractivity contribution is -0.0174. The Balaban J connectivity index is 1.84. The Kier molecular flexibility index (Phi) is 3.72. The molecule has 1 fully saturated rings. The molecular formula is C15H19N3OS. The molecule has 2 unspecified atom stereocenters. The van der Waals surface area contributed by atoms with Crippen molar-refractivity contribution < 1.29 is 4.74 Å². The number of hydrogen-bond acceptors (Lipinski definition) is 5. The number of aromatic nitrogens is 2. The molecule has 3 heterocycles. The van der Waals surface area contributed by atoms with Crippen LogP contribution in [0.4, 0.5) is 5.82 Å². The van der Waals surface area contributed by atoms with Gasteiger partial charge in [0.25, 0.3) is 0 Å². The summed E-state index contributed by atoms with van der Waals surface area (Å²) in [6.45, 7) is 7.87. The molecule has 1 aliphatic heterocycles. The summed E-state index contributed by atoms with van der Waals surface area (Å²) in [6, 6.07) is 4.25. The number of aryl methyl sites for hydroxylation is 2. The van der Waals surface area contributed by atoms with E-state index in [1.54, 1.807) is 11.3 Å². The molecule has 0 aliphatic carbocycles. The lowest BCUT2D eigenvalue weighted by Gasteiger charge is -2.37. The van der Waals surface area contributed by atoms with Crippen LogP contribution < -0.4 is 4.90 Å². The van der Waals surface area contributed by atoms with Gasteiger partial charge in [-0.15, -0.1) is 5.10 Å². The molecule has 2 atom stereocenters. The number of hydrogen-bond donors (Lipinski definition) is 0. The Bertz CT molecular complexity index is 585. The molecule has 0 N–H and O–H groups in total. The average molecular weight is 289 g/mol. The van der Waals surface area contributed by atoms with Crippen molar-refractivity contribution in [2.75, 3.05) is 18.0 Å². The lowest BCUT2D eigenvalue weighted by atomic mass is 10.1. The van der Waals surface area contributed by atoms with E-state index >= 15 is 0 Å². The van der Waals surface area contributed by atoms with Crippen molar-refractivity contribution in [2.45, 2.75) is 33.0 Å². The molecule has 0 saturated carbocycles.